The van der Waals surface area contributed by atoms with Gasteiger partial charge in [-0.2, -0.15) is 0 Å². The monoisotopic (exact) mass is 398 g/mol. The van der Waals surface area contributed by atoms with E-state index in [-0.39, 0.29) is 35.4 Å². The number of halogens is 1. The van der Waals surface area contributed by atoms with E-state index in [2.05, 4.69) is 29.6 Å². The van der Waals surface area contributed by atoms with E-state index in [1.54, 1.807) is 22.9 Å². The first-order valence-electron chi connectivity index (χ1n) is 6.78. The van der Waals surface area contributed by atoms with Gasteiger partial charge in [0, 0.05) is 0 Å². The number of urea groups is 1. The lowest BCUT2D eigenvalue weighted by Gasteiger charge is -2.33. The lowest BCUT2D eigenvalue weighted by atomic mass is 9.72. The number of rotatable bonds is 5. The fourth-order valence-corrected chi connectivity index (χ4v) is 2.00. The van der Waals surface area contributed by atoms with E-state index >= 15 is 0 Å². The Labute approximate surface area is 136 Å². The Hall–Kier alpha value is -0.530. The number of hydrogen-bond acceptors (Lipinski definition) is 3. The molecule has 1 atom stereocenters. The van der Waals surface area contributed by atoms with Crippen LogP contribution in [0.4, 0.5) is 4.79 Å². The van der Waals surface area contributed by atoms with Gasteiger partial charge in [0.15, 0.2) is 0 Å². The zero-order valence-electron chi connectivity index (χ0n) is 13.3. The van der Waals surface area contributed by atoms with Crippen LogP contribution in [0.15, 0.2) is 0 Å². The fourth-order valence-electron chi connectivity index (χ4n) is 1.81. The van der Waals surface area contributed by atoms with Crippen molar-refractivity contribution in [2.75, 3.05) is 13.2 Å². The topological polar surface area (TPSA) is 67.4 Å². The first-order chi connectivity index (χ1) is 8.97. The summed E-state index contributed by atoms with van der Waals surface area (Å²) in [7, 11) is 0. The zero-order chi connectivity index (χ0) is 16.0. The number of carbonyl (C=O) groups excluding carboxylic acids is 2. The Bertz CT molecular complexity index is 332. The number of amides is 2. The largest absolute Gasteiger partial charge is 0.464 e. The molecule has 1 unspecified atom stereocenters. The molecule has 0 aromatic rings. The van der Waals surface area contributed by atoms with Crippen LogP contribution in [0, 0.1) is 16.7 Å². The SMILES string of the molecule is CC(C)(C)CC(C(=O)OCCNC(=O)NI)C(C)(C)C. The summed E-state index contributed by atoms with van der Waals surface area (Å²) >= 11 is 1.74. The Morgan fingerprint density at radius 3 is 2.10 bits per heavy atom. The molecule has 0 aromatic carbocycles. The quantitative estimate of drug-likeness (QED) is 0.323. The average Bonchev–Trinajstić information content (AvgIpc) is 2.28. The summed E-state index contributed by atoms with van der Waals surface area (Å²) in [6.45, 7) is 13.0. The van der Waals surface area contributed by atoms with Crippen LogP contribution in [-0.2, 0) is 9.53 Å². The van der Waals surface area contributed by atoms with Crippen molar-refractivity contribution >= 4 is 34.9 Å². The second-order valence-electron chi connectivity index (χ2n) is 7.20. The maximum atomic E-state index is 12.2. The Morgan fingerprint density at radius 2 is 1.70 bits per heavy atom. The summed E-state index contributed by atoms with van der Waals surface area (Å²) in [4.78, 5) is 23.2. The second kappa shape index (κ2) is 8.05. The number of esters is 1. The van der Waals surface area contributed by atoms with Crippen LogP contribution in [0.5, 0.6) is 0 Å². The molecule has 0 heterocycles. The molecule has 6 heteroatoms. The smallest absolute Gasteiger partial charge is 0.323 e. The summed E-state index contributed by atoms with van der Waals surface area (Å²) in [6, 6.07) is -0.288. The van der Waals surface area contributed by atoms with E-state index < -0.39 is 0 Å². The molecule has 0 saturated heterocycles. The van der Waals surface area contributed by atoms with Crippen molar-refractivity contribution in [2.24, 2.45) is 16.7 Å². The molecular weight excluding hydrogens is 371 g/mol. The van der Waals surface area contributed by atoms with Crippen molar-refractivity contribution < 1.29 is 14.3 Å². The first-order valence-corrected chi connectivity index (χ1v) is 7.86. The van der Waals surface area contributed by atoms with E-state index in [1.165, 1.54) is 0 Å². The summed E-state index contributed by atoms with van der Waals surface area (Å²) in [5, 5.41) is 2.58. The Kier molecular flexibility index (Phi) is 7.83. The molecule has 0 fully saturated rings. The summed E-state index contributed by atoms with van der Waals surface area (Å²) in [5.41, 5.74) is -0.0757. The molecule has 2 amide bonds. The van der Waals surface area contributed by atoms with Gasteiger partial charge in [0.1, 0.15) is 6.61 Å². The molecular formula is C14H27IN2O3. The van der Waals surface area contributed by atoms with Gasteiger partial charge in [0.05, 0.1) is 35.3 Å². The van der Waals surface area contributed by atoms with Gasteiger partial charge in [-0.15, -0.1) is 0 Å². The highest BCUT2D eigenvalue weighted by Crippen LogP contribution is 2.36. The zero-order valence-corrected chi connectivity index (χ0v) is 15.5. The van der Waals surface area contributed by atoms with Gasteiger partial charge in [0.2, 0.25) is 0 Å². The average molecular weight is 398 g/mol. The predicted molar refractivity (Wildman–Crippen MR) is 88.5 cm³/mol. The molecule has 0 rings (SSSR count). The van der Waals surface area contributed by atoms with Crippen molar-refractivity contribution in [1.29, 1.82) is 0 Å². The minimum absolute atomic E-state index is 0.0658. The fraction of sp³-hybridized carbons (Fsp3) is 0.857. The van der Waals surface area contributed by atoms with E-state index in [9.17, 15) is 9.59 Å². The van der Waals surface area contributed by atoms with Crippen molar-refractivity contribution in [3.8, 4) is 0 Å². The number of ether oxygens (including phenoxy) is 1. The van der Waals surface area contributed by atoms with Crippen LogP contribution in [0.1, 0.15) is 48.0 Å². The van der Waals surface area contributed by atoms with Crippen molar-refractivity contribution in [3.63, 3.8) is 0 Å². The minimum Gasteiger partial charge on any atom is -0.464 e. The molecule has 0 saturated carbocycles. The molecule has 0 spiro atoms. The van der Waals surface area contributed by atoms with Gasteiger partial charge in [-0.05, 0) is 17.3 Å². The minimum atomic E-state index is -0.288. The van der Waals surface area contributed by atoms with E-state index in [4.69, 9.17) is 4.74 Å². The van der Waals surface area contributed by atoms with Gasteiger partial charge >= 0.3 is 12.0 Å². The van der Waals surface area contributed by atoms with Gasteiger partial charge in [-0.3, -0.25) is 8.32 Å². The molecule has 0 aliphatic rings. The lowest BCUT2D eigenvalue weighted by Crippen LogP contribution is -2.36. The van der Waals surface area contributed by atoms with Crippen LogP contribution in [-0.4, -0.2) is 25.2 Å². The van der Waals surface area contributed by atoms with E-state index in [1.807, 2.05) is 20.8 Å². The highest BCUT2D eigenvalue weighted by atomic mass is 127. The lowest BCUT2D eigenvalue weighted by molar-refractivity contribution is -0.153. The highest BCUT2D eigenvalue weighted by Gasteiger charge is 2.35. The molecule has 118 valence electrons. The molecule has 5 nitrogen and oxygen atoms in total. The third-order valence-electron chi connectivity index (χ3n) is 2.86. The molecule has 0 aromatic heterocycles. The third-order valence-corrected chi connectivity index (χ3v) is 3.35. The van der Waals surface area contributed by atoms with E-state index in [0.29, 0.717) is 6.54 Å². The first kappa shape index (κ1) is 19.5. The molecule has 0 radical (unpaired) electrons. The van der Waals surface area contributed by atoms with Crippen molar-refractivity contribution in [2.45, 2.75) is 48.0 Å². The van der Waals surface area contributed by atoms with Crippen molar-refractivity contribution in [3.05, 3.63) is 0 Å². The van der Waals surface area contributed by atoms with Gasteiger partial charge in [0.25, 0.3) is 0 Å². The molecule has 0 aliphatic carbocycles. The number of hydrogen-bond donors (Lipinski definition) is 2. The van der Waals surface area contributed by atoms with Crippen molar-refractivity contribution in [1.82, 2.24) is 8.85 Å². The third kappa shape index (κ3) is 8.60. The van der Waals surface area contributed by atoms with Gasteiger partial charge < -0.3 is 10.1 Å². The van der Waals surface area contributed by atoms with Crippen LogP contribution < -0.4 is 8.85 Å². The Balaban J connectivity index is 4.40. The van der Waals surface area contributed by atoms with Gasteiger partial charge in [-0.1, -0.05) is 41.5 Å². The maximum Gasteiger partial charge on any atom is 0.323 e. The molecule has 0 aliphatic heterocycles. The van der Waals surface area contributed by atoms with E-state index in [0.717, 1.165) is 6.42 Å². The highest BCUT2D eigenvalue weighted by molar-refractivity contribution is 14.1. The maximum absolute atomic E-state index is 12.2. The van der Waals surface area contributed by atoms with Crippen LogP contribution in [0.3, 0.4) is 0 Å². The van der Waals surface area contributed by atoms with Gasteiger partial charge in [-0.25, -0.2) is 4.79 Å². The number of carbonyl (C=O) groups is 2. The van der Waals surface area contributed by atoms with Crippen LogP contribution >= 0.6 is 22.9 Å². The second-order valence-corrected chi connectivity index (χ2v) is 7.74. The van der Waals surface area contributed by atoms with Crippen LogP contribution in [0.2, 0.25) is 0 Å². The normalized spacial score (nSPS) is 13.6. The predicted octanol–water partition coefficient (Wildman–Crippen LogP) is 3.28. The standard InChI is InChI=1S/C14H27IN2O3/c1-13(2,3)9-10(14(4,5)6)11(18)20-8-7-16-12(19)17-15/h10H,7-9H2,1-6H3,(H2,16,17,19). The molecule has 0 bridgehead atoms. The molecule has 20 heavy (non-hydrogen) atoms. The summed E-state index contributed by atoms with van der Waals surface area (Å²) in [5.74, 6) is -0.343. The summed E-state index contributed by atoms with van der Waals surface area (Å²) < 4.78 is 7.70. The Morgan fingerprint density at radius 1 is 1.15 bits per heavy atom. The van der Waals surface area contributed by atoms with Crippen LogP contribution in [0.25, 0.3) is 0 Å². The summed E-state index contributed by atoms with van der Waals surface area (Å²) in [6.07, 6.45) is 0.775. The number of nitrogens with one attached hydrogen (secondary N) is 2. The molecule has 2 N–H and O–H groups in total.